The summed E-state index contributed by atoms with van der Waals surface area (Å²) in [4.78, 5) is 66.2. The molecule has 13 heteroatoms. The number of ketones is 3. The molecule has 0 saturated carbocycles. The highest BCUT2D eigenvalue weighted by molar-refractivity contribution is 6.30. The predicted molar refractivity (Wildman–Crippen MR) is 179 cm³/mol. The van der Waals surface area contributed by atoms with Gasteiger partial charge in [0, 0.05) is 61.8 Å². The molecule has 3 heterocycles. The van der Waals surface area contributed by atoms with Crippen molar-refractivity contribution in [3.63, 3.8) is 0 Å². The van der Waals surface area contributed by atoms with Gasteiger partial charge in [-0.25, -0.2) is 0 Å². The zero-order valence-corrected chi connectivity index (χ0v) is 29.6. The number of carbonyl (C=O) groups is 5. The molecule has 1 aromatic rings. The molecule has 4 aliphatic rings. The van der Waals surface area contributed by atoms with Gasteiger partial charge < -0.3 is 39.6 Å². The molecular formula is C37H45NO12. The van der Waals surface area contributed by atoms with Crippen molar-refractivity contribution in [2.45, 2.75) is 85.6 Å². The summed E-state index contributed by atoms with van der Waals surface area (Å²) >= 11 is 0. The lowest BCUT2D eigenvalue weighted by molar-refractivity contribution is -0.160. The summed E-state index contributed by atoms with van der Waals surface area (Å²) in [5.74, 6) is -8.99. The molecule has 1 amide bonds. The van der Waals surface area contributed by atoms with E-state index in [0.717, 1.165) is 12.3 Å². The van der Waals surface area contributed by atoms with Crippen LogP contribution in [0, 0.1) is 30.6 Å². The van der Waals surface area contributed by atoms with E-state index in [9.17, 15) is 39.3 Å². The number of aliphatic hydroxyl groups is 2. The molecule has 0 radical (unpaired) electrons. The summed E-state index contributed by atoms with van der Waals surface area (Å²) < 4.78 is 23.1. The van der Waals surface area contributed by atoms with Gasteiger partial charge >= 0.3 is 11.8 Å². The fourth-order valence-corrected chi connectivity index (χ4v) is 6.62. The molecular weight excluding hydrogens is 650 g/mol. The van der Waals surface area contributed by atoms with Crippen LogP contribution in [0.15, 0.2) is 47.9 Å². The molecule has 0 aromatic heterocycles. The predicted octanol–water partition coefficient (Wildman–Crippen LogP) is 3.63. The molecule has 5 rings (SSSR count). The first-order valence-electron chi connectivity index (χ1n) is 16.4. The summed E-state index contributed by atoms with van der Waals surface area (Å²) in [6, 6.07) is 0. The topological polar surface area (TPSA) is 195 Å². The molecule has 0 saturated heterocycles. The zero-order valence-electron chi connectivity index (χ0n) is 29.6. The molecule has 9 atom stereocenters. The zero-order chi connectivity index (χ0) is 37.4. The van der Waals surface area contributed by atoms with Gasteiger partial charge in [0.1, 0.15) is 17.6 Å². The number of allylic oxidation sites excluding steroid dienone is 4. The lowest BCUT2D eigenvalue weighted by Gasteiger charge is -2.38. The molecule has 0 unspecified atom stereocenters. The maximum atomic E-state index is 13.9. The van der Waals surface area contributed by atoms with E-state index in [0.29, 0.717) is 0 Å². The number of carbonyl (C=O) groups excluding carboxylic acids is 5. The molecule has 1 aliphatic carbocycles. The number of fused-ring (bicyclic) bond motifs is 14. The van der Waals surface area contributed by atoms with E-state index in [1.807, 2.05) is 0 Å². The lowest BCUT2D eigenvalue weighted by Crippen LogP contribution is -2.46. The molecule has 3 aliphatic heterocycles. The van der Waals surface area contributed by atoms with E-state index in [2.05, 4.69) is 5.32 Å². The maximum absolute atomic E-state index is 13.9. The molecule has 1 aromatic carbocycles. The Morgan fingerprint density at radius 2 is 1.60 bits per heavy atom. The van der Waals surface area contributed by atoms with E-state index < -0.39 is 100 Å². The SMILES string of the molecule is CO[C@H]1/C=C/O[C@@]2(C)Oc3c(C)c(O)c4c(c3C2=O)C(=O)C=C(NC(=O)/C(C)=C\C=C\[C@H](C)[C@H](O)[C@@H](C)[C@@H](O)[C@H](C)[C@H](OC(C)=O)[C@@H]1C)C4=O. The minimum Gasteiger partial charge on any atom is -0.507 e. The summed E-state index contributed by atoms with van der Waals surface area (Å²) in [5.41, 5.74) is -1.31. The monoisotopic (exact) mass is 695 g/mol. The number of ether oxygens (including phenoxy) is 4. The molecule has 13 nitrogen and oxygen atoms in total. The highest BCUT2D eigenvalue weighted by Gasteiger charge is 2.51. The molecule has 0 spiro atoms. The van der Waals surface area contributed by atoms with Gasteiger partial charge in [0.15, 0.2) is 5.78 Å². The van der Waals surface area contributed by atoms with E-state index in [4.69, 9.17) is 18.9 Å². The number of phenolic OH excluding ortho intramolecular Hbond substituents is 1. The van der Waals surface area contributed by atoms with Gasteiger partial charge in [-0.2, -0.15) is 0 Å². The number of Topliss-reactive ketones (excluding diaryl/α,β-unsaturated/α-hetero) is 2. The third kappa shape index (κ3) is 7.03. The quantitative estimate of drug-likeness (QED) is 0.329. The van der Waals surface area contributed by atoms with Crippen LogP contribution in [0.1, 0.15) is 85.1 Å². The van der Waals surface area contributed by atoms with Crippen LogP contribution in [0.2, 0.25) is 0 Å². The number of phenols is 1. The fourth-order valence-electron chi connectivity index (χ4n) is 6.62. The number of esters is 1. The van der Waals surface area contributed by atoms with Gasteiger partial charge in [-0.05, 0) is 19.9 Å². The minimum atomic E-state index is -2.03. The second-order valence-electron chi connectivity index (χ2n) is 13.4. The van der Waals surface area contributed by atoms with E-state index in [1.165, 1.54) is 47.0 Å². The molecule has 4 N–H and O–H groups in total. The van der Waals surface area contributed by atoms with Crippen molar-refractivity contribution < 1.29 is 58.2 Å². The van der Waals surface area contributed by atoms with E-state index in [-0.39, 0.29) is 28.0 Å². The van der Waals surface area contributed by atoms with Crippen molar-refractivity contribution in [2.75, 3.05) is 7.11 Å². The summed E-state index contributed by atoms with van der Waals surface area (Å²) in [7, 11) is 1.42. The number of nitrogens with one attached hydrogen (secondary N) is 1. The highest BCUT2D eigenvalue weighted by atomic mass is 16.7. The third-order valence-electron chi connectivity index (χ3n) is 9.80. The molecule has 50 heavy (non-hydrogen) atoms. The average Bonchev–Trinajstić information content (AvgIpc) is 3.33. The van der Waals surface area contributed by atoms with Gasteiger partial charge in [-0.3, -0.25) is 24.0 Å². The van der Waals surface area contributed by atoms with Crippen LogP contribution in [-0.4, -0.2) is 81.9 Å². The second-order valence-corrected chi connectivity index (χ2v) is 13.4. The lowest BCUT2D eigenvalue weighted by atomic mass is 9.78. The summed E-state index contributed by atoms with van der Waals surface area (Å²) in [6.07, 6.45) is 4.31. The number of hydrogen-bond donors (Lipinski definition) is 4. The highest BCUT2D eigenvalue weighted by Crippen LogP contribution is 2.47. The van der Waals surface area contributed by atoms with Gasteiger partial charge in [-0.15, -0.1) is 0 Å². The largest absolute Gasteiger partial charge is 0.507 e. The number of benzene rings is 1. The number of aliphatic hydroxyl groups excluding tert-OH is 2. The number of methoxy groups -OCH3 is 1. The van der Waals surface area contributed by atoms with Crippen LogP contribution in [0.25, 0.3) is 0 Å². The van der Waals surface area contributed by atoms with Gasteiger partial charge in [0.05, 0.1) is 47.0 Å². The first-order valence-corrected chi connectivity index (χ1v) is 16.4. The number of hydrogen-bond acceptors (Lipinski definition) is 12. The van der Waals surface area contributed by atoms with Crippen molar-refractivity contribution in [2.24, 2.45) is 23.7 Å². The van der Waals surface area contributed by atoms with Crippen molar-refractivity contribution >= 4 is 29.2 Å². The molecule has 0 fully saturated rings. The first kappa shape index (κ1) is 38.2. The first-order chi connectivity index (χ1) is 23.4. The van der Waals surface area contributed by atoms with Gasteiger partial charge in [0.25, 0.3) is 11.7 Å². The minimum absolute atomic E-state index is 0.00885. The number of rotatable bonds is 2. The molecule has 5 bridgehead atoms. The Morgan fingerprint density at radius 3 is 2.22 bits per heavy atom. The Hall–Kier alpha value is -4.59. The standard InChI is InChI=1S/C37H45NO12/c1-16-11-10-12-17(2)36(46)38-23-15-24(40)26-27(32(23)44)31(43)21(6)34-28(26)35(45)37(8,50-34)48-14-13-25(47-9)18(3)33(49-22(7)39)20(5)30(42)19(4)29(16)41/h10-16,18-20,25,29-30,33,41-43H,1-9H3,(H,38,46)/b11-10+,14-13+,17-12-/t16-,18+,19+,20-,25-,29-,30+,33+,37-/m0/s1. The third-order valence-corrected chi connectivity index (χ3v) is 9.80. The summed E-state index contributed by atoms with van der Waals surface area (Å²) in [6.45, 7) is 12.3. The summed E-state index contributed by atoms with van der Waals surface area (Å²) in [5, 5.41) is 36.1. The van der Waals surface area contributed by atoms with Crippen molar-refractivity contribution in [1.29, 1.82) is 0 Å². The number of amides is 1. The van der Waals surface area contributed by atoms with Crippen LogP contribution >= 0.6 is 0 Å². The Kier molecular flexibility index (Phi) is 11.2. The van der Waals surface area contributed by atoms with Gasteiger partial charge in [-0.1, -0.05) is 45.9 Å². The van der Waals surface area contributed by atoms with E-state index in [1.54, 1.807) is 39.8 Å². The van der Waals surface area contributed by atoms with Crippen LogP contribution in [0.3, 0.4) is 0 Å². The Labute approximate surface area is 290 Å². The molecule has 270 valence electrons. The Balaban J connectivity index is 1.83. The van der Waals surface area contributed by atoms with Crippen LogP contribution in [-0.2, 0) is 23.8 Å². The maximum Gasteiger partial charge on any atom is 0.312 e. The van der Waals surface area contributed by atoms with Crippen LogP contribution in [0.5, 0.6) is 11.5 Å². The van der Waals surface area contributed by atoms with E-state index >= 15 is 0 Å². The average molecular weight is 696 g/mol. The fraction of sp³-hybridized carbons (Fsp3) is 0.486. The Bertz CT molecular complexity index is 1720. The number of aromatic hydroxyl groups is 1. The van der Waals surface area contributed by atoms with Gasteiger partial charge in [0.2, 0.25) is 5.78 Å². The normalized spacial score (nSPS) is 34.5. The van der Waals surface area contributed by atoms with Crippen LogP contribution in [0.4, 0.5) is 0 Å². The smallest absolute Gasteiger partial charge is 0.312 e. The Morgan fingerprint density at radius 1 is 0.940 bits per heavy atom. The van der Waals surface area contributed by atoms with Crippen molar-refractivity contribution in [3.05, 3.63) is 70.2 Å². The van der Waals surface area contributed by atoms with Crippen LogP contribution < -0.4 is 10.1 Å². The second kappa shape index (κ2) is 14.7. The van der Waals surface area contributed by atoms with Crippen molar-refractivity contribution in [3.8, 4) is 11.5 Å². The van der Waals surface area contributed by atoms with Crippen molar-refractivity contribution in [1.82, 2.24) is 5.32 Å².